The molecule has 4 nitrogen and oxygen atoms in total. The molecule has 0 radical (unpaired) electrons. The first-order chi connectivity index (χ1) is 12.0. The average molecular weight is 357 g/mol. The van der Waals surface area contributed by atoms with Crippen LogP contribution in [0.15, 0.2) is 60.7 Å². The summed E-state index contributed by atoms with van der Waals surface area (Å²) < 4.78 is 12.6. The molecule has 0 bridgehead atoms. The van der Waals surface area contributed by atoms with Gasteiger partial charge in [0.05, 0.1) is 0 Å². The van der Waals surface area contributed by atoms with Crippen LogP contribution in [0.5, 0.6) is 0 Å². The van der Waals surface area contributed by atoms with Crippen molar-refractivity contribution in [2.24, 2.45) is 0 Å². The first-order valence-electron chi connectivity index (χ1n) is 7.48. The number of rotatable bonds is 4. The van der Waals surface area contributed by atoms with Gasteiger partial charge in [0.15, 0.2) is 0 Å². The highest BCUT2D eigenvalue weighted by Gasteiger charge is 2.09. The van der Waals surface area contributed by atoms with E-state index >= 15 is 0 Å². The maximum atomic E-state index is 12.6. The third kappa shape index (κ3) is 5.83. The molecule has 3 rings (SSSR count). The predicted molar refractivity (Wildman–Crippen MR) is 100 cm³/mol. The van der Waals surface area contributed by atoms with Crippen LogP contribution in [-0.2, 0) is 4.79 Å². The summed E-state index contributed by atoms with van der Waals surface area (Å²) >= 11 is 1.72. The first kappa shape index (κ1) is 18.9. The first-order valence-corrected chi connectivity index (χ1v) is 8.30. The second-order valence-electron chi connectivity index (χ2n) is 5.18. The van der Waals surface area contributed by atoms with Gasteiger partial charge in [0.1, 0.15) is 5.82 Å². The molecule has 3 aromatic rings. The maximum absolute atomic E-state index is 12.6. The van der Waals surface area contributed by atoms with E-state index in [1.54, 1.807) is 35.6 Å². The molecule has 0 saturated heterocycles. The monoisotopic (exact) mass is 357 g/mol. The van der Waals surface area contributed by atoms with E-state index in [4.69, 9.17) is 10.0 Å². The largest absolute Gasteiger partial charge is 0.488 e. The highest BCUT2D eigenvalue weighted by molar-refractivity contribution is 7.15. The lowest BCUT2D eigenvalue weighted by Crippen LogP contribution is -2.29. The number of benzene rings is 2. The van der Waals surface area contributed by atoms with Crippen LogP contribution in [0.25, 0.3) is 10.4 Å². The van der Waals surface area contributed by atoms with E-state index < -0.39 is 7.12 Å². The van der Waals surface area contributed by atoms with Crippen molar-refractivity contribution in [2.45, 2.75) is 6.92 Å². The molecule has 7 heteroatoms. The molecule has 0 aliphatic heterocycles. The topological polar surface area (TPSA) is 69.6 Å². The van der Waals surface area contributed by atoms with Crippen LogP contribution in [0.2, 0.25) is 0 Å². The van der Waals surface area contributed by atoms with Crippen molar-refractivity contribution < 1.29 is 19.2 Å². The third-order valence-corrected chi connectivity index (χ3v) is 4.35. The minimum Gasteiger partial charge on any atom is -0.423 e. The Morgan fingerprint density at radius 3 is 2.12 bits per heavy atom. The highest BCUT2D eigenvalue weighted by atomic mass is 32.1. The van der Waals surface area contributed by atoms with Crippen molar-refractivity contribution in [1.82, 2.24) is 0 Å². The Morgan fingerprint density at radius 2 is 1.64 bits per heavy atom. The van der Waals surface area contributed by atoms with Gasteiger partial charge in [-0.1, -0.05) is 24.3 Å². The quantitative estimate of drug-likeness (QED) is 0.497. The van der Waals surface area contributed by atoms with Crippen molar-refractivity contribution in [3.63, 3.8) is 0 Å². The van der Waals surface area contributed by atoms with Gasteiger partial charge < -0.3 is 15.4 Å². The van der Waals surface area contributed by atoms with Gasteiger partial charge in [0, 0.05) is 15.4 Å². The molecule has 0 unspecified atom stereocenters. The number of nitrogens with one attached hydrogen (secondary N) is 1. The van der Waals surface area contributed by atoms with E-state index in [0.29, 0.717) is 17.6 Å². The molecule has 25 heavy (non-hydrogen) atoms. The number of hydrogen-bond acceptors (Lipinski definition) is 4. The van der Waals surface area contributed by atoms with E-state index in [2.05, 4.69) is 24.4 Å². The SMILES string of the molecule is Cc1ccc(-c2ccc(F)cc2)s1.O=CNc1ccc(B(O)O)cc1. The Kier molecular flexibility index (Phi) is 6.88. The molecule has 3 N–H and O–H groups in total. The lowest BCUT2D eigenvalue weighted by Gasteiger charge is -2.00. The van der Waals surface area contributed by atoms with Gasteiger partial charge in [-0.25, -0.2) is 4.39 Å². The van der Waals surface area contributed by atoms with Crippen molar-refractivity contribution in [3.05, 3.63) is 71.4 Å². The van der Waals surface area contributed by atoms with Gasteiger partial charge in [-0.3, -0.25) is 4.79 Å². The zero-order valence-corrected chi connectivity index (χ0v) is 14.3. The van der Waals surface area contributed by atoms with Gasteiger partial charge in [-0.05, 0) is 54.3 Å². The van der Waals surface area contributed by atoms with Gasteiger partial charge >= 0.3 is 7.12 Å². The molecule has 0 fully saturated rings. The molecular weight excluding hydrogens is 340 g/mol. The van der Waals surface area contributed by atoms with Crippen LogP contribution in [-0.4, -0.2) is 23.6 Å². The number of halogens is 1. The molecule has 1 aromatic heterocycles. The van der Waals surface area contributed by atoms with E-state index in [1.165, 1.54) is 34.0 Å². The second-order valence-corrected chi connectivity index (χ2v) is 6.46. The molecule has 0 aliphatic rings. The molecule has 0 aliphatic carbocycles. The summed E-state index contributed by atoms with van der Waals surface area (Å²) in [4.78, 5) is 12.5. The molecule has 1 heterocycles. The van der Waals surface area contributed by atoms with Gasteiger partial charge in [-0.15, -0.1) is 11.3 Å². The van der Waals surface area contributed by atoms with E-state index in [1.807, 2.05) is 0 Å². The van der Waals surface area contributed by atoms with Crippen LogP contribution in [0.1, 0.15) is 4.88 Å². The van der Waals surface area contributed by atoms with Crippen molar-refractivity contribution in [3.8, 4) is 10.4 Å². The number of thiophene rings is 1. The number of carbonyl (C=O) groups excluding carboxylic acids is 1. The van der Waals surface area contributed by atoms with Crippen LogP contribution in [0.4, 0.5) is 10.1 Å². The van der Waals surface area contributed by atoms with Gasteiger partial charge in [-0.2, -0.15) is 0 Å². The third-order valence-electron chi connectivity index (χ3n) is 3.30. The summed E-state index contributed by atoms with van der Waals surface area (Å²) in [6.45, 7) is 2.07. The highest BCUT2D eigenvalue weighted by Crippen LogP contribution is 2.27. The number of anilines is 1. The second kappa shape index (κ2) is 9.12. The molecule has 0 atom stereocenters. The molecule has 1 amide bonds. The van der Waals surface area contributed by atoms with E-state index in [-0.39, 0.29) is 5.82 Å². The molecule has 2 aromatic carbocycles. The summed E-state index contributed by atoms with van der Waals surface area (Å²) in [6.07, 6.45) is 0.560. The normalized spacial score (nSPS) is 9.76. The number of aryl methyl sites for hydroxylation is 1. The maximum Gasteiger partial charge on any atom is 0.488 e. The predicted octanol–water partition coefficient (Wildman–Crippen LogP) is 2.80. The molecule has 0 spiro atoms. The summed E-state index contributed by atoms with van der Waals surface area (Å²) in [5.41, 5.74) is 2.10. The number of carbonyl (C=O) groups is 1. The van der Waals surface area contributed by atoms with Crippen molar-refractivity contribution in [1.29, 1.82) is 0 Å². The van der Waals surface area contributed by atoms with Crippen LogP contribution < -0.4 is 10.8 Å². The lowest BCUT2D eigenvalue weighted by molar-refractivity contribution is -0.105. The van der Waals surface area contributed by atoms with Crippen molar-refractivity contribution >= 4 is 36.0 Å². The van der Waals surface area contributed by atoms with Crippen LogP contribution in [0.3, 0.4) is 0 Å². The fourth-order valence-corrected chi connectivity index (χ4v) is 2.90. The Labute approximate surface area is 149 Å². The van der Waals surface area contributed by atoms with E-state index in [0.717, 1.165) is 5.56 Å². The summed E-state index contributed by atoms with van der Waals surface area (Å²) in [7, 11) is -1.46. The van der Waals surface area contributed by atoms with Gasteiger partial charge in [0.2, 0.25) is 6.41 Å². The summed E-state index contributed by atoms with van der Waals surface area (Å²) in [5, 5.41) is 19.9. The fourth-order valence-electron chi connectivity index (χ4n) is 2.02. The molecule has 0 saturated carbocycles. The smallest absolute Gasteiger partial charge is 0.423 e. The summed E-state index contributed by atoms with van der Waals surface area (Å²) in [6, 6.07) is 17.0. The number of amides is 1. The lowest BCUT2D eigenvalue weighted by atomic mass is 9.80. The van der Waals surface area contributed by atoms with Crippen molar-refractivity contribution in [2.75, 3.05) is 5.32 Å². The zero-order chi connectivity index (χ0) is 18.2. The average Bonchev–Trinajstić information content (AvgIpc) is 3.03. The standard InChI is InChI=1S/C11H9FS.C7H8BNO3/c1-8-2-7-11(13-8)9-3-5-10(12)6-4-9;10-5-9-7-3-1-6(2-4-7)8(11)12/h2-7H,1H3;1-5,11-12H,(H,9,10). The Bertz CT molecular complexity index is 804. The Hall–Kier alpha value is -2.48. The van der Waals surface area contributed by atoms with E-state index in [9.17, 15) is 9.18 Å². The van der Waals surface area contributed by atoms with Crippen LogP contribution in [0, 0.1) is 12.7 Å². The fraction of sp³-hybridized carbons (Fsp3) is 0.0556. The minimum absolute atomic E-state index is 0.183. The molecular formula is C18H17BFNO3S. The number of hydrogen-bond donors (Lipinski definition) is 3. The Morgan fingerprint density at radius 1 is 1.00 bits per heavy atom. The summed E-state index contributed by atoms with van der Waals surface area (Å²) in [5.74, 6) is -0.183. The zero-order valence-electron chi connectivity index (χ0n) is 13.5. The minimum atomic E-state index is -1.46. The van der Waals surface area contributed by atoms with Gasteiger partial charge in [0.25, 0.3) is 0 Å². The Balaban J connectivity index is 0.000000181. The van der Waals surface area contributed by atoms with Crippen LogP contribution >= 0.6 is 11.3 Å². The molecule has 128 valence electrons.